The number of hydrogen-bond acceptors (Lipinski definition) is 4. The molecule has 1 unspecified atom stereocenters. The van der Waals surface area contributed by atoms with Crippen molar-refractivity contribution in [3.63, 3.8) is 0 Å². The number of para-hydroxylation sites is 1. The summed E-state index contributed by atoms with van der Waals surface area (Å²) < 4.78 is 5.49. The number of hydrogen-bond donors (Lipinski definition) is 1. The van der Waals surface area contributed by atoms with E-state index in [4.69, 9.17) is 10.5 Å². The van der Waals surface area contributed by atoms with Crippen LogP contribution >= 0.6 is 0 Å². The van der Waals surface area contributed by atoms with E-state index in [2.05, 4.69) is 40.1 Å². The third-order valence-corrected chi connectivity index (χ3v) is 4.96. The second kappa shape index (κ2) is 7.25. The summed E-state index contributed by atoms with van der Waals surface area (Å²) in [7, 11) is 0. The average molecular weight is 289 g/mol. The Morgan fingerprint density at radius 1 is 1.05 bits per heavy atom. The Morgan fingerprint density at radius 3 is 2.33 bits per heavy atom. The van der Waals surface area contributed by atoms with E-state index >= 15 is 0 Å². The summed E-state index contributed by atoms with van der Waals surface area (Å²) in [5, 5.41) is 0. The standard InChI is InChI=1S/C17H27N3O/c18-14-17(15-6-12-21-13-7-15)20-10-8-19(9-11-20)16-4-2-1-3-5-16/h1-5,15,17H,6-14,18H2. The van der Waals surface area contributed by atoms with Gasteiger partial charge in [0.05, 0.1) is 0 Å². The number of benzene rings is 1. The van der Waals surface area contributed by atoms with Gasteiger partial charge in [0.2, 0.25) is 0 Å². The Kier molecular flexibility index (Phi) is 5.12. The van der Waals surface area contributed by atoms with Crippen LogP contribution in [0, 0.1) is 5.92 Å². The molecule has 21 heavy (non-hydrogen) atoms. The lowest BCUT2D eigenvalue weighted by atomic mass is 9.90. The molecule has 1 aromatic carbocycles. The molecule has 0 radical (unpaired) electrons. The fourth-order valence-corrected chi connectivity index (χ4v) is 3.69. The topological polar surface area (TPSA) is 41.7 Å². The molecule has 0 spiro atoms. The van der Waals surface area contributed by atoms with Gasteiger partial charge in [0, 0.05) is 57.7 Å². The molecule has 2 fully saturated rings. The van der Waals surface area contributed by atoms with Crippen LogP contribution in [0.5, 0.6) is 0 Å². The minimum Gasteiger partial charge on any atom is -0.381 e. The molecule has 116 valence electrons. The molecular formula is C17H27N3O. The van der Waals surface area contributed by atoms with Crippen LogP contribution in [-0.4, -0.2) is 56.9 Å². The Bertz CT molecular complexity index is 411. The van der Waals surface area contributed by atoms with Crippen LogP contribution in [0.25, 0.3) is 0 Å². The molecule has 2 aliphatic rings. The Hall–Kier alpha value is -1.10. The van der Waals surface area contributed by atoms with Crippen LogP contribution in [0.4, 0.5) is 5.69 Å². The highest BCUT2D eigenvalue weighted by Gasteiger charge is 2.30. The Morgan fingerprint density at radius 2 is 1.71 bits per heavy atom. The van der Waals surface area contributed by atoms with Gasteiger partial charge in [-0.25, -0.2) is 0 Å². The number of ether oxygens (including phenoxy) is 1. The minimum atomic E-state index is 0.534. The van der Waals surface area contributed by atoms with Crippen molar-refractivity contribution in [2.45, 2.75) is 18.9 Å². The molecule has 0 bridgehead atoms. The third kappa shape index (κ3) is 3.57. The zero-order valence-electron chi connectivity index (χ0n) is 12.8. The van der Waals surface area contributed by atoms with Crippen molar-refractivity contribution in [3.05, 3.63) is 30.3 Å². The average Bonchev–Trinajstić information content (AvgIpc) is 2.58. The second-order valence-electron chi connectivity index (χ2n) is 6.11. The summed E-state index contributed by atoms with van der Waals surface area (Å²) in [6.45, 7) is 7.03. The minimum absolute atomic E-state index is 0.534. The quantitative estimate of drug-likeness (QED) is 0.913. The maximum Gasteiger partial charge on any atom is 0.0469 e. The van der Waals surface area contributed by atoms with Crippen LogP contribution in [-0.2, 0) is 4.74 Å². The fraction of sp³-hybridized carbons (Fsp3) is 0.647. The summed E-state index contributed by atoms with van der Waals surface area (Å²) in [5.41, 5.74) is 7.42. The lowest BCUT2D eigenvalue weighted by Crippen LogP contribution is -2.55. The molecule has 1 aromatic rings. The zero-order valence-corrected chi connectivity index (χ0v) is 12.8. The van der Waals surface area contributed by atoms with E-state index in [9.17, 15) is 0 Å². The highest BCUT2D eigenvalue weighted by atomic mass is 16.5. The van der Waals surface area contributed by atoms with Crippen LogP contribution in [0.15, 0.2) is 30.3 Å². The van der Waals surface area contributed by atoms with Crippen LogP contribution in [0.3, 0.4) is 0 Å². The lowest BCUT2D eigenvalue weighted by molar-refractivity contribution is 0.0261. The fourth-order valence-electron chi connectivity index (χ4n) is 3.69. The van der Waals surface area contributed by atoms with E-state index in [-0.39, 0.29) is 0 Å². The van der Waals surface area contributed by atoms with Crippen molar-refractivity contribution in [1.29, 1.82) is 0 Å². The van der Waals surface area contributed by atoms with E-state index in [0.717, 1.165) is 45.9 Å². The van der Waals surface area contributed by atoms with Crippen molar-refractivity contribution in [2.24, 2.45) is 11.7 Å². The van der Waals surface area contributed by atoms with E-state index in [1.54, 1.807) is 0 Å². The van der Waals surface area contributed by atoms with Gasteiger partial charge in [-0.2, -0.15) is 0 Å². The number of nitrogens with zero attached hydrogens (tertiary/aromatic N) is 2. The number of piperazine rings is 1. The molecule has 0 saturated carbocycles. The first-order valence-electron chi connectivity index (χ1n) is 8.20. The summed E-state index contributed by atoms with van der Waals surface area (Å²) >= 11 is 0. The molecule has 3 rings (SSSR count). The van der Waals surface area contributed by atoms with Crippen molar-refractivity contribution in [1.82, 2.24) is 4.90 Å². The third-order valence-electron chi connectivity index (χ3n) is 4.96. The van der Waals surface area contributed by atoms with Crippen LogP contribution in [0.1, 0.15) is 12.8 Å². The molecule has 4 nitrogen and oxygen atoms in total. The first-order valence-corrected chi connectivity index (χ1v) is 8.20. The summed E-state index contributed by atoms with van der Waals surface area (Å²) in [4.78, 5) is 5.09. The molecule has 0 aromatic heterocycles. The SMILES string of the molecule is NCC(C1CCOCC1)N1CCN(c2ccccc2)CC1. The van der Waals surface area contributed by atoms with Gasteiger partial charge in [-0.15, -0.1) is 0 Å². The van der Waals surface area contributed by atoms with Crippen molar-refractivity contribution in [3.8, 4) is 0 Å². The van der Waals surface area contributed by atoms with E-state index < -0.39 is 0 Å². The second-order valence-corrected chi connectivity index (χ2v) is 6.11. The van der Waals surface area contributed by atoms with Crippen LogP contribution in [0.2, 0.25) is 0 Å². The van der Waals surface area contributed by atoms with Gasteiger partial charge in [0.25, 0.3) is 0 Å². The van der Waals surface area contributed by atoms with E-state index in [1.807, 2.05) is 0 Å². The molecule has 0 aliphatic carbocycles. The molecule has 2 heterocycles. The van der Waals surface area contributed by atoms with Crippen molar-refractivity contribution < 1.29 is 4.74 Å². The van der Waals surface area contributed by atoms with Crippen molar-refractivity contribution in [2.75, 3.05) is 50.8 Å². The first-order chi connectivity index (χ1) is 10.4. The number of anilines is 1. The molecular weight excluding hydrogens is 262 g/mol. The molecule has 2 aliphatic heterocycles. The smallest absolute Gasteiger partial charge is 0.0469 e. The highest BCUT2D eigenvalue weighted by molar-refractivity contribution is 5.46. The monoisotopic (exact) mass is 289 g/mol. The van der Waals surface area contributed by atoms with Gasteiger partial charge >= 0.3 is 0 Å². The predicted molar refractivity (Wildman–Crippen MR) is 86.6 cm³/mol. The summed E-state index contributed by atoms with van der Waals surface area (Å²) in [6, 6.07) is 11.3. The maximum absolute atomic E-state index is 6.08. The highest BCUT2D eigenvalue weighted by Crippen LogP contribution is 2.24. The van der Waals surface area contributed by atoms with Crippen LogP contribution < -0.4 is 10.6 Å². The van der Waals surface area contributed by atoms with E-state index in [1.165, 1.54) is 18.5 Å². The van der Waals surface area contributed by atoms with Gasteiger partial charge in [0.15, 0.2) is 0 Å². The zero-order chi connectivity index (χ0) is 14.5. The Balaban J connectivity index is 1.56. The summed E-state index contributed by atoms with van der Waals surface area (Å²) in [6.07, 6.45) is 2.33. The van der Waals surface area contributed by atoms with Gasteiger partial charge in [-0.05, 0) is 30.9 Å². The molecule has 1 atom stereocenters. The van der Waals surface area contributed by atoms with Gasteiger partial charge in [-0.3, -0.25) is 4.90 Å². The summed E-state index contributed by atoms with van der Waals surface area (Å²) in [5.74, 6) is 0.715. The molecule has 4 heteroatoms. The largest absolute Gasteiger partial charge is 0.381 e. The number of nitrogens with two attached hydrogens (primary N) is 1. The number of rotatable bonds is 4. The Labute approximate surface area is 127 Å². The van der Waals surface area contributed by atoms with E-state index in [0.29, 0.717) is 12.0 Å². The predicted octanol–water partition coefficient (Wildman–Crippen LogP) is 1.56. The van der Waals surface area contributed by atoms with Gasteiger partial charge in [-0.1, -0.05) is 18.2 Å². The van der Waals surface area contributed by atoms with Crippen molar-refractivity contribution >= 4 is 5.69 Å². The first kappa shape index (κ1) is 14.8. The maximum atomic E-state index is 6.08. The van der Waals surface area contributed by atoms with Gasteiger partial charge < -0.3 is 15.4 Å². The van der Waals surface area contributed by atoms with Gasteiger partial charge in [0.1, 0.15) is 0 Å². The lowest BCUT2D eigenvalue weighted by Gasteiger charge is -2.43. The molecule has 0 amide bonds. The normalized spacial score (nSPS) is 23.2. The molecule has 2 saturated heterocycles. The molecule has 2 N–H and O–H groups in total.